The van der Waals surface area contributed by atoms with Crippen molar-refractivity contribution in [1.82, 2.24) is 10.2 Å². The van der Waals surface area contributed by atoms with Crippen molar-refractivity contribution in [3.05, 3.63) is 59.2 Å². The van der Waals surface area contributed by atoms with Gasteiger partial charge in [0.2, 0.25) is 0 Å². The van der Waals surface area contributed by atoms with Gasteiger partial charge in [0, 0.05) is 12.1 Å². The molecule has 5 heteroatoms. The number of hydrogen-bond acceptors (Lipinski definition) is 4. The Hall–Kier alpha value is -2.53. The molecule has 5 nitrogen and oxygen atoms in total. The van der Waals surface area contributed by atoms with E-state index in [0.717, 1.165) is 41.3 Å². The summed E-state index contributed by atoms with van der Waals surface area (Å²) in [6.07, 6.45) is 2.38. The largest absolute Gasteiger partial charge is 0.496 e. The van der Waals surface area contributed by atoms with Gasteiger partial charge in [-0.25, -0.2) is 0 Å². The number of aryl methyl sites for hydroxylation is 2. The van der Waals surface area contributed by atoms with E-state index in [4.69, 9.17) is 9.47 Å². The van der Waals surface area contributed by atoms with Gasteiger partial charge in [-0.2, -0.15) is 0 Å². The van der Waals surface area contributed by atoms with Gasteiger partial charge in [0.05, 0.1) is 13.2 Å². The molecule has 0 saturated carbocycles. The van der Waals surface area contributed by atoms with Gasteiger partial charge in [-0.05, 0) is 69.1 Å². The number of carbonyl (C=O) groups excluding carboxylic acids is 1. The average Bonchev–Trinajstić information content (AvgIpc) is 3.20. The molecule has 1 fully saturated rings. The second kappa shape index (κ2) is 9.60. The molecule has 1 amide bonds. The van der Waals surface area contributed by atoms with Crippen LogP contribution in [0.4, 0.5) is 0 Å². The fraction of sp³-hybridized carbons (Fsp3) is 0.435. The van der Waals surface area contributed by atoms with Gasteiger partial charge < -0.3 is 14.8 Å². The topological polar surface area (TPSA) is 50.8 Å². The summed E-state index contributed by atoms with van der Waals surface area (Å²) < 4.78 is 11.2. The van der Waals surface area contributed by atoms with Crippen molar-refractivity contribution in [2.75, 3.05) is 33.4 Å². The molecule has 1 unspecified atom stereocenters. The first-order chi connectivity index (χ1) is 13.6. The Morgan fingerprint density at radius 2 is 1.79 bits per heavy atom. The van der Waals surface area contributed by atoms with Crippen molar-refractivity contribution in [1.29, 1.82) is 0 Å². The van der Waals surface area contributed by atoms with Crippen LogP contribution in [0, 0.1) is 13.8 Å². The SMILES string of the molecule is COc1ccccc1C(CNC(=O)COc1cc(C)cc(C)c1)N1CCCC1. The molecule has 0 aromatic heterocycles. The van der Waals surface area contributed by atoms with Crippen molar-refractivity contribution >= 4 is 5.91 Å². The minimum atomic E-state index is -0.113. The summed E-state index contributed by atoms with van der Waals surface area (Å²) in [4.78, 5) is 14.8. The molecule has 2 aromatic carbocycles. The highest BCUT2D eigenvalue weighted by Gasteiger charge is 2.26. The zero-order valence-electron chi connectivity index (χ0n) is 17.0. The van der Waals surface area contributed by atoms with Gasteiger partial charge in [-0.1, -0.05) is 24.3 Å². The molecule has 0 radical (unpaired) electrons. The van der Waals surface area contributed by atoms with Gasteiger partial charge >= 0.3 is 0 Å². The highest BCUT2D eigenvalue weighted by atomic mass is 16.5. The molecule has 3 rings (SSSR count). The number of nitrogens with zero attached hydrogens (tertiary/aromatic N) is 1. The van der Waals surface area contributed by atoms with Crippen LogP contribution in [0.1, 0.15) is 35.6 Å². The number of hydrogen-bond donors (Lipinski definition) is 1. The van der Waals surface area contributed by atoms with Crippen LogP contribution in [-0.4, -0.2) is 44.2 Å². The Morgan fingerprint density at radius 1 is 1.11 bits per heavy atom. The van der Waals surface area contributed by atoms with Crippen molar-refractivity contribution < 1.29 is 14.3 Å². The molecule has 1 aliphatic rings. The number of benzene rings is 2. The Kier molecular flexibility index (Phi) is 6.93. The van der Waals surface area contributed by atoms with Crippen LogP contribution in [0.15, 0.2) is 42.5 Å². The lowest BCUT2D eigenvalue weighted by Gasteiger charge is -2.29. The number of rotatable bonds is 8. The Bertz CT molecular complexity index is 780. The monoisotopic (exact) mass is 382 g/mol. The fourth-order valence-corrected chi connectivity index (χ4v) is 3.86. The number of methoxy groups -OCH3 is 1. The molecule has 1 atom stereocenters. The minimum absolute atomic E-state index is 0.0154. The summed E-state index contributed by atoms with van der Waals surface area (Å²) in [5.41, 5.74) is 3.36. The van der Waals surface area contributed by atoms with Crippen molar-refractivity contribution in [2.45, 2.75) is 32.7 Å². The molecule has 2 aromatic rings. The third-order valence-electron chi connectivity index (χ3n) is 5.14. The highest BCUT2D eigenvalue weighted by molar-refractivity contribution is 5.77. The molecule has 1 N–H and O–H groups in total. The summed E-state index contributed by atoms with van der Waals surface area (Å²) in [5.74, 6) is 1.48. The molecule has 150 valence electrons. The average molecular weight is 383 g/mol. The van der Waals surface area contributed by atoms with Crippen LogP contribution in [-0.2, 0) is 4.79 Å². The van der Waals surface area contributed by atoms with Gasteiger partial charge in [0.25, 0.3) is 5.91 Å². The fourth-order valence-electron chi connectivity index (χ4n) is 3.86. The second-order valence-corrected chi connectivity index (χ2v) is 7.42. The lowest BCUT2D eigenvalue weighted by atomic mass is 10.0. The van der Waals surface area contributed by atoms with Crippen LogP contribution < -0.4 is 14.8 Å². The molecule has 1 saturated heterocycles. The van der Waals surface area contributed by atoms with E-state index >= 15 is 0 Å². The smallest absolute Gasteiger partial charge is 0.258 e. The summed E-state index contributed by atoms with van der Waals surface area (Å²) in [7, 11) is 1.69. The zero-order valence-corrected chi connectivity index (χ0v) is 17.0. The molecule has 0 aliphatic carbocycles. The second-order valence-electron chi connectivity index (χ2n) is 7.42. The predicted octanol–water partition coefficient (Wildman–Crippen LogP) is 3.64. The minimum Gasteiger partial charge on any atom is -0.496 e. The third kappa shape index (κ3) is 5.26. The molecule has 0 bridgehead atoms. The standard InChI is InChI=1S/C23H30N2O3/c1-17-12-18(2)14-19(13-17)28-16-23(26)24-15-21(25-10-6-7-11-25)20-8-4-5-9-22(20)27-3/h4-5,8-9,12-14,21H,6-7,10-11,15-16H2,1-3H3,(H,24,26). The first kappa shape index (κ1) is 20.2. The van der Waals surface area contributed by atoms with E-state index in [-0.39, 0.29) is 18.6 Å². The quantitative estimate of drug-likeness (QED) is 0.757. The van der Waals surface area contributed by atoms with Crippen LogP contribution >= 0.6 is 0 Å². The van der Waals surface area contributed by atoms with E-state index in [1.165, 1.54) is 12.8 Å². The van der Waals surface area contributed by atoms with Gasteiger partial charge in [0.15, 0.2) is 6.61 Å². The number of carbonyl (C=O) groups is 1. The summed E-state index contributed by atoms with van der Waals surface area (Å²) in [6, 6.07) is 14.1. The van der Waals surface area contributed by atoms with E-state index in [0.29, 0.717) is 6.54 Å². The van der Waals surface area contributed by atoms with Crippen LogP contribution in [0.5, 0.6) is 11.5 Å². The summed E-state index contributed by atoms with van der Waals surface area (Å²) in [6.45, 7) is 6.67. The Balaban J connectivity index is 1.62. The van der Waals surface area contributed by atoms with Crippen LogP contribution in [0.25, 0.3) is 0 Å². The first-order valence-corrected chi connectivity index (χ1v) is 9.91. The maximum atomic E-state index is 12.4. The maximum Gasteiger partial charge on any atom is 0.258 e. The van der Waals surface area contributed by atoms with E-state index in [1.54, 1.807) is 7.11 Å². The lowest BCUT2D eigenvalue weighted by molar-refractivity contribution is -0.123. The molecule has 0 spiro atoms. The predicted molar refractivity (Wildman–Crippen MR) is 111 cm³/mol. The molecular weight excluding hydrogens is 352 g/mol. The van der Waals surface area contributed by atoms with Gasteiger partial charge in [-0.3, -0.25) is 9.69 Å². The zero-order chi connectivity index (χ0) is 19.9. The number of amides is 1. The molecule has 1 heterocycles. The van der Waals surface area contributed by atoms with Crippen LogP contribution in [0.2, 0.25) is 0 Å². The summed E-state index contributed by atoms with van der Waals surface area (Å²) >= 11 is 0. The normalized spacial score (nSPS) is 15.2. The van der Waals surface area contributed by atoms with E-state index in [1.807, 2.05) is 44.2 Å². The van der Waals surface area contributed by atoms with E-state index in [2.05, 4.69) is 22.3 Å². The first-order valence-electron chi connectivity index (χ1n) is 9.91. The van der Waals surface area contributed by atoms with Crippen molar-refractivity contribution in [3.8, 4) is 11.5 Å². The molecule has 28 heavy (non-hydrogen) atoms. The third-order valence-corrected chi connectivity index (χ3v) is 5.14. The Labute approximate surface area is 167 Å². The molecule has 1 aliphatic heterocycles. The number of likely N-dealkylation sites (tertiary alicyclic amines) is 1. The van der Waals surface area contributed by atoms with Crippen molar-refractivity contribution in [3.63, 3.8) is 0 Å². The van der Waals surface area contributed by atoms with E-state index < -0.39 is 0 Å². The number of para-hydroxylation sites is 1. The van der Waals surface area contributed by atoms with Crippen LogP contribution in [0.3, 0.4) is 0 Å². The Morgan fingerprint density at radius 3 is 2.46 bits per heavy atom. The summed E-state index contributed by atoms with van der Waals surface area (Å²) in [5, 5.41) is 3.05. The molecular formula is C23H30N2O3. The van der Waals surface area contributed by atoms with E-state index in [9.17, 15) is 4.79 Å². The van der Waals surface area contributed by atoms with Gasteiger partial charge in [0.1, 0.15) is 11.5 Å². The maximum absolute atomic E-state index is 12.4. The number of nitrogens with one attached hydrogen (secondary N) is 1. The van der Waals surface area contributed by atoms with Gasteiger partial charge in [-0.15, -0.1) is 0 Å². The lowest BCUT2D eigenvalue weighted by Crippen LogP contribution is -2.38. The number of ether oxygens (including phenoxy) is 2. The highest BCUT2D eigenvalue weighted by Crippen LogP contribution is 2.31. The van der Waals surface area contributed by atoms with Crippen molar-refractivity contribution in [2.24, 2.45) is 0 Å².